The van der Waals surface area contributed by atoms with E-state index < -0.39 is 0 Å². The van der Waals surface area contributed by atoms with Gasteiger partial charge >= 0.3 is 0 Å². The third-order valence-electron chi connectivity index (χ3n) is 3.14. The lowest BCUT2D eigenvalue weighted by atomic mass is 10.2. The minimum Gasteiger partial charge on any atom is -0.493 e. The normalized spacial score (nSPS) is 10.4. The van der Waals surface area contributed by atoms with Gasteiger partial charge in [0.2, 0.25) is 0 Å². The van der Waals surface area contributed by atoms with Crippen LogP contribution in [0.3, 0.4) is 0 Å². The molecule has 0 fully saturated rings. The van der Waals surface area contributed by atoms with Crippen molar-refractivity contribution in [2.24, 2.45) is 0 Å². The molecule has 0 atom stereocenters. The molecule has 1 N–H and O–H groups in total. The Bertz CT molecular complexity index is 676. The molecule has 1 heterocycles. The van der Waals surface area contributed by atoms with Gasteiger partial charge in [-0.15, -0.1) is 0 Å². The first kappa shape index (κ1) is 14.1. The molecular weight excluding hydrogens is 258 g/mol. The number of aryl methyl sites for hydroxylation is 1. The molecule has 0 radical (unpaired) electrons. The van der Waals surface area contributed by atoms with Crippen molar-refractivity contribution in [3.05, 3.63) is 51.9 Å². The Morgan fingerprint density at radius 3 is 2.45 bits per heavy atom. The summed E-state index contributed by atoms with van der Waals surface area (Å²) in [4.78, 5) is 11.7. The molecule has 0 spiro atoms. The van der Waals surface area contributed by atoms with Crippen LogP contribution in [0.4, 0.5) is 0 Å². The summed E-state index contributed by atoms with van der Waals surface area (Å²) < 4.78 is 12.3. The van der Waals surface area contributed by atoms with Crippen LogP contribution in [0.1, 0.15) is 11.3 Å². The standard InChI is InChI=1S/C15H17NO4/c1-10-6-13(18)11(9-17)8-16(10)12-4-5-14(19-2)15(7-12)20-3/h4-8,17H,9H2,1-3H3. The van der Waals surface area contributed by atoms with E-state index in [4.69, 9.17) is 9.47 Å². The molecule has 0 saturated carbocycles. The molecule has 0 aliphatic heterocycles. The van der Waals surface area contributed by atoms with Crippen molar-refractivity contribution < 1.29 is 14.6 Å². The number of nitrogens with zero attached hydrogens (tertiary/aromatic N) is 1. The number of methoxy groups -OCH3 is 2. The maximum Gasteiger partial charge on any atom is 0.187 e. The molecule has 5 heteroatoms. The van der Waals surface area contributed by atoms with Gasteiger partial charge in [-0.25, -0.2) is 0 Å². The molecule has 0 amide bonds. The number of hydrogen-bond donors (Lipinski definition) is 1. The Kier molecular flexibility index (Phi) is 4.10. The second-order valence-corrected chi connectivity index (χ2v) is 4.37. The first-order valence-corrected chi connectivity index (χ1v) is 6.16. The molecule has 20 heavy (non-hydrogen) atoms. The molecule has 0 aliphatic carbocycles. The summed E-state index contributed by atoms with van der Waals surface area (Å²) in [5.41, 5.74) is 1.79. The summed E-state index contributed by atoms with van der Waals surface area (Å²) in [7, 11) is 3.14. The van der Waals surface area contributed by atoms with Gasteiger partial charge in [-0.1, -0.05) is 0 Å². The molecule has 5 nitrogen and oxygen atoms in total. The van der Waals surface area contributed by atoms with Crippen LogP contribution in [-0.2, 0) is 6.61 Å². The second-order valence-electron chi connectivity index (χ2n) is 4.37. The van der Waals surface area contributed by atoms with E-state index in [-0.39, 0.29) is 12.0 Å². The van der Waals surface area contributed by atoms with E-state index in [1.54, 1.807) is 26.5 Å². The van der Waals surface area contributed by atoms with E-state index in [9.17, 15) is 9.90 Å². The number of benzene rings is 1. The zero-order valence-electron chi connectivity index (χ0n) is 11.7. The van der Waals surface area contributed by atoms with Crippen molar-refractivity contribution in [1.82, 2.24) is 4.57 Å². The van der Waals surface area contributed by atoms with E-state index in [0.717, 1.165) is 11.4 Å². The third kappa shape index (κ3) is 2.53. The van der Waals surface area contributed by atoms with Gasteiger partial charge < -0.3 is 19.1 Å². The molecule has 0 unspecified atom stereocenters. The highest BCUT2D eigenvalue weighted by Crippen LogP contribution is 2.29. The Morgan fingerprint density at radius 1 is 1.15 bits per heavy atom. The van der Waals surface area contributed by atoms with Crippen LogP contribution in [0.15, 0.2) is 35.3 Å². The molecule has 106 valence electrons. The predicted molar refractivity (Wildman–Crippen MR) is 75.8 cm³/mol. The molecule has 1 aromatic carbocycles. The van der Waals surface area contributed by atoms with Gasteiger partial charge in [-0.3, -0.25) is 4.79 Å². The van der Waals surface area contributed by atoms with Crippen LogP contribution >= 0.6 is 0 Å². The van der Waals surface area contributed by atoms with Crippen LogP contribution in [0, 0.1) is 6.92 Å². The van der Waals surface area contributed by atoms with Crippen molar-refractivity contribution in [3.8, 4) is 17.2 Å². The fourth-order valence-corrected chi connectivity index (χ4v) is 2.04. The Morgan fingerprint density at radius 2 is 1.85 bits per heavy atom. The average Bonchev–Trinajstić information content (AvgIpc) is 2.46. The fraction of sp³-hybridized carbons (Fsp3) is 0.267. The lowest BCUT2D eigenvalue weighted by Gasteiger charge is -2.14. The molecule has 2 aromatic rings. The molecular formula is C15H17NO4. The van der Waals surface area contributed by atoms with Crippen LogP contribution in [0.25, 0.3) is 5.69 Å². The van der Waals surface area contributed by atoms with Gasteiger partial charge in [-0.2, -0.15) is 0 Å². The maximum atomic E-state index is 11.7. The van der Waals surface area contributed by atoms with Crippen LogP contribution in [-0.4, -0.2) is 23.9 Å². The number of hydrogen-bond acceptors (Lipinski definition) is 4. The van der Waals surface area contributed by atoms with Gasteiger partial charge in [0.1, 0.15) is 0 Å². The number of rotatable bonds is 4. The van der Waals surface area contributed by atoms with Gasteiger partial charge in [-0.05, 0) is 19.1 Å². The zero-order valence-corrected chi connectivity index (χ0v) is 11.7. The largest absolute Gasteiger partial charge is 0.493 e. The molecule has 2 rings (SSSR count). The SMILES string of the molecule is COc1ccc(-n2cc(CO)c(=O)cc2C)cc1OC. The summed E-state index contributed by atoms with van der Waals surface area (Å²) >= 11 is 0. The van der Waals surface area contributed by atoms with E-state index in [2.05, 4.69) is 0 Å². The zero-order chi connectivity index (χ0) is 14.7. The van der Waals surface area contributed by atoms with Crippen LogP contribution < -0.4 is 14.9 Å². The molecule has 0 aliphatic rings. The highest BCUT2D eigenvalue weighted by molar-refractivity contribution is 5.49. The molecule has 0 saturated heterocycles. The summed E-state index contributed by atoms with van der Waals surface area (Å²) in [6, 6.07) is 6.98. The summed E-state index contributed by atoms with van der Waals surface area (Å²) in [5, 5.41) is 9.21. The van der Waals surface area contributed by atoms with Gasteiger partial charge in [0.15, 0.2) is 16.9 Å². The Labute approximate surface area is 117 Å². The number of aliphatic hydroxyl groups excluding tert-OH is 1. The van der Waals surface area contributed by atoms with Crippen molar-refractivity contribution >= 4 is 0 Å². The van der Waals surface area contributed by atoms with E-state index >= 15 is 0 Å². The van der Waals surface area contributed by atoms with Crippen LogP contribution in [0.2, 0.25) is 0 Å². The third-order valence-corrected chi connectivity index (χ3v) is 3.14. The fourth-order valence-electron chi connectivity index (χ4n) is 2.04. The Balaban J connectivity index is 2.59. The quantitative estimate of drug-likeness (QED) is 0.921. The van der Waals surface area contributed by atoms with E-state index in [1.807, 2.05) is 23.6 Å². The maximum absolute atomic E-state index is 11.7. The van der Waals surface area contributed by atoms with Crippen molar-refractivity contribution in [3.63, 3.8) is 0 Å². The summed E-state index contributed by atoms with van der Waals surface area (Å²) in [6.45, 7) is 1.55. The highest BCUT2D eigenvalue weighted by Gasteiger charge is 2.09. The first-order chi connectivity index (χ1) is 9.60. The van der Waals surface area contributed by atoms with E-state index in [0.29, 0.717) is 17.1 Å². The topological polar surface area (TPSA) is 60.7 Å². The lowest BCUT2D eigenvalue weighted by molar-refractivity contribution is 0.280. The summed E-state index contributed by atoms with van der Waals surface area (Å²) in [6.07, 6.45) is 1.64. The van der Waals surface area contributed by atoms with Crippen molar-refractivity contribution in [2.45, 2.75) is 13.5 Å². The van der Waals surface area contributed by atoms with Crippen LogP contribution in [0.5, 0.6) is 11.5 Å². The number of ether oxygens (including phenoxy) is 2. The smallest absolute Gasteiger partial charge is 0.187 e. The number of pyridine rings is 1. The Hall–Kier alpha value is -2.27. The predicted octanol–water partition coefficient (Wildman–Crippen LogP) is 1.66. The average molecular weight is 275 g/mol. The minimum absolute atomic E-state index is 0.165. The van der Waals surface area contributed by atoms with E-state index in [1.165, 1.54) is 6.07 Å². The molecule has 0 bridgehead atoms. The second kappa shape index (κ2) is 5.79. The monoisotopic (exact) mass is 275 g/mol. The van der Waals surface area contributed by atoms with Gasteiger partial charge in [0.05, 0.1) is 20.8 Å². The molecule has 1 aromatic heterocycles. The summed E-state index contributed by atoms with van der Waals surface area (Å²) in [5.74, 6) is 1.24. The van der Waals surface area contributed by atoms with Gasteiger partial charge in [0, 0.05) is 35.3 Å². The number of aliphatic hydroxyl groups is 1. The van der Waals surface area contributed by atoms with Crippen molar-refractivity contribution in [2.75, 3.05) is 14.2 Å². The first-order valence-electron chi connectivity index (χ1n) is 6.16. The highest BCUT2D eigenvalue weighted by atomic mass is 16.5. The van der Waals surface area contributed by atoms with Gasteiger partial charge in [0.25, 0.3) is 0 Å². The lowest BCUT2D eigenvalue weighted by Crippen LogP contribution is -2.14. The minimum atomic E-state index is -0.285. The number of aromatic nitrogens is 1. The van der Waals surface area contributed by atoms with Crippen molar-refractivity contribution in [1.29, 1.82) is 0 Å².